The molecule has 1 aromatic heterocycles. The maximum atomic E-state index is 12.2. The zero-order chi connectivity index (χ0) is 13.3. The lowest BCUT2D eigenvalue weighted by Gasteiger charge is -2.25. The molecule has 0 spiro atoms. The summed E-state index contributed by atoms with van der Waals surface area (Å²) in [6.07, 6.45) is 0.648. The van der Waals surface area contributed by atoms with Gasteiger partial charge in [0.05, 0.1) is 0 Å². The molecule has 1 N–H and O–H groups in total. The number of thiophene rings is 1. The number of carbonyl (C=O) groups is 1. The van der Waals surface area contributed by atoms with Crippen LogP contribution < -0.4 is 0 Å². The number of hydrogen-bond acceptors (Lipinski definition) is 5. The first-order chi connectivity index (χ1) is 8.43. The quantitative estimate of drug-likeness (QED) is 0.902. The lowest BCUT2D eigenvalue weighted by Crippen LogP contribution is -2.37. The van der Waals surface area contributed by atoms with Crippen molar-refractivity contribution >= 4 is 27.3 Å². The fourth-order valence-electron chi connectivity index (χ4n) is 1.68. The van der Waals surface area contributed by atoms with Crippen molar-refractivity contribution in [1.29, 1.82) is 0 Å². The van der Waals surface area contributed by atoms with Gasteiger partial charge < -0.3 is 9.84 Å². The number of ether oxygens (including phenoxy) is 1. The van der Waals surface area contributed by atoms with E-state index in [0.717, 1.165) is 11.3 Å². The molecule has 0 saturated carbocycles. The van der Waals surface area contributed by atoms with E-state index in [2.05, 4.69) is 0 Å². The highest BCUT2D eigenvalue weighted by atomic mass is 32.2. The number of hydrogen-bond donors (Lipinski definition) is 1. The van der Waals surface area contributed by atoms with Gasteiger partial charge in [-0.05, 0) is 25.0 Å². The Hall–Kier alpha value is -0.960. The minimum atomic E-state index is -3.63. The third-order valence-electron chi connectivity index (χ3n) is 2.62. The van der Waals surface area contributed by atoms with Gasteiger partial charge in [-0.2, -0.15) is 4.31 Å². The van der Waals surface area contributed by atoms with Crippen LogP contribution in [0.5, 0.6) is 0 Å². The molecular formula is C10H13NO5S2. The monoisotopic (exact) mass is 291 g/mol. The van der Waals surface area contributed by atoms with Crippen LogP contribution in [0.3, 0.4) is 0 Å². The zero-order valence-corrected chi connectivity index (χ0v) is 11.4. The average molecular weight is 291 g/mol. The molecular weight excluding hydrogens is 278 g/mol. The number of carboxylic acid groups (broad SMARTS) is 1. The summed E-state index contributed by atoms with van der Waals surface area (Å²) in [4.78, 5) is 11.0. The van der Waals surface area contributed by atoms with E-state index in [4.69, 9.17) is 9.84 Å². The van der Waals surface area contributed by atoms with Gasteiger partial charge in [0.1, 0.15) is 15.8 Å². The Morgan fingerprint density at radius 2 is 2.28 bits per heavy atom. The Balaban J connectivity index is 2.35. The molecule has 1 saturated heterocycles. The van der Waals surface area contributed by atoms with E-state index in [1.54, 1.807) is 6.92 Å². The van der Waals surface area contributed by atoms with Gasteiger partial charge in [-0.3, -0.25) is 0 Å². The lowest BCUT2D eigenvalue weighted by molar-refractivity contribution is 0.0314. The van der Waals surface area contributed by atoms with E-state index >= 15 is 0 Å². The number of sulfonamides is 1. The Morgan fingerprint density at radius 1 is 1.56 bits per heavy atom. The summed E-state index contributed by atoms with van der Waals surface area (Å²) in [6, 6.07) is 1.40. The van der Waals surface area contributed by atoms with E-state index in [0.29, 0.717) is 25.1 Å². The summed E-state index contributed by atoms with van der Waals surface area (Å²) in [5, 5.41) is 8.93. The molecule has 2 heterocycles. The van der Waals surface area contributed by atoms with Crippen LogP contribution in [0.25, 0.3) is 0 Å². The average Bonchev–Trinajstić information content (AvgIpc) is 2.73. The van der Waals surface area contributed by atoms with E-state index < -0.39 is 16.0 Å². The number of carboxylic acids is 1. The van der Waals surface area contributed by atoms with Gasteiger partial charge in [-0.15, -0.1) is 11.3 Å². The van der Waals surface area contributed by atoms with Crippen molar-refractivity contribution in [3.8, 4) is 0 Å². The minimum Gasteiger partial charge on any atom is -0.477 e. The largest absolute Gasteiger partial charge is 0.477 e. The van der Waals surface area contributed by atoms with Crippen LogP contribution in [0, 0.1) is 6.92 Å². The lowest BCUT2D eigenvalue weighted by atomic mass is 10.3. The minimum absolute atomic E-state index is 0.0295. The Bertz CT molecular complexity index is 557. The maximum absolute atomic E-state index is 12.2. The smallest absolute Gasteiger partial charge is 0.346 e. The molecule has 6 nitrogen and oxygen atoms in total. The first-order valence-corrected chi connectivity index (χ1v) is 7.60. The molecule has 2 rings (SSSR count). The second kappa shape index (κ2) is 4.96. The number of nitrogens with zero attached hydrogens (tertiary/aromatic N) is 1. The Kier molecular flexibility index (Phi) is 3.71. The predicted octanol–water partition coefficient (Wildman–Crippen LogP) is 1.12. The predicted molar refractivity (Wildman–Crippen MR) is 65.3 cm³/mol. The molecule has 1 fully saturated rings. The van der Waals surface area contributed by atoms with Crippen LogP contribution in [0.4, 0.5) is 0 Å². The first-order valence-electron chi connectivity index (χ1n) is 5.34. The van der Waals surface area contributed by atoms with Crippen LogP contribution in [0.2, 0.25) is 0 Å². The molecule has 0 unspecified atom stereocenters. The molecule has 0 aromatic carbocycles. The Morgan fingerprint density at radius 3 is 2.78 bits per heavy atom. The van der Waals surface area contributed by atoms with Crippen molar-refractivity contribution in [2.24, 2.45) is 0 Å². The molecule has 0 amide bonds. The molecule has 1 aliphatic heterocycles. The molecule has 8 heteroatoms. The highest BCUT2D eigenvalue weighted by Gasteiger charge is 2.29. The van der Waals surface area contributed by atoms with E-state index in [9.17, 15) is 13.2 Å². The van der Waals surface area contributed by atoms with Crippen molar-refractivity contribution in [1.82, 2.24) is 4.31 Å². The van der Waals surface area contributed by atoms with Gasteiger partial charge in [-0.25, -0.2) is 13.2 Å². The summed E-state index contributed by atoms with van der Waals surface area (Å²) in [5.74, 6) is -1.10. The second-order valence-electron chi connectivity index (χ2n) is 3.95. The molecule has 0 radical (unpaired) electrons. The molecule has 0 bridgehead atoms. The van der Waals surface area contributed by atoms with Crippen molar-refractivity contribution in [3.63, 3.8) is 0 Å². The topological polar surface area (TPSA) is 83.9 Å². The van der Waals surface area contributed by atoms with Crippen molar-refractivity contribution in [2.75, 3.05) is 19.9 Å². The van der Waals surface area contributed by atoms with Crippen molar-refractivity contribution in [2.45, 2.75) is 17.6 Å². The summed E-state index contributed by atoms with van der Waals surface area (Å²) < 4.78 is 30.9. The van der Waals surface area contributed by atoms with Crippen LogP contribution in [-0.4, -0.2) is 43.7 Å². The summed E-state index contributed by atoms with van der Waals surface area (Å²) in [6.45, 7) is 2.57. The van der Waals surface area contributed by atoms with Gasteiger partial charge in [0.25, 0.3) is 10.0 Å². The van der Waals surface area contributed by atoms with Gasteiger partial charge in [0, 0.05) is 13.2 Å². The fraction of sp³-hybridized carbons (Fsp3) is 0.500. The van der Waals surface area contributed by atoms with Gasteiger partial charge in [0.2, 0.25) is 0 Å². The number of rotatable bonds is 3. The maximum Gasteiger partial charge on any atom is 0.346 e. The SMILES string of the molecule is Cc1cc(S(=O)(=O)N2CCCOC2)sc1C(=O)O. The summed E-state index contributed by atoms with van der Waals surface area (Å²) in [5.41, 5.74) is 0.462. The summed E-state index contributed by atoms with van der Waals surface area (Å²) >= 11 is 0.783. The van der Waals surface area contributed by atoms with Crippen molar-refractivity contribution < 1.29 is 23.1 Å². The normalized spacial score (nSPS) is 17.8. The van der Waals surface area contributed by atoms with E-state index in [1.807, 2.05) is 0 Å². The second-order valence-corrected chi connectivity index (χ2v) is 7.17. The van der Waals surface area contributed by atoms with Crippen molar-refractivity contribution in [3.05, 3.63) is 16.5 Å². The molecule has 18 heavy (non-hydrogen) atoms. The number of aryl methyl sites for hydroxylation is 1. The zero-order valence-electron chi connectivity index (χ0n) is 9.75. The van der Waals surface area contributed by atoms with Crippen LogP contribution in [0.15, 0.2) is 10.3 Å². The highest BCUT2D eigenvalue weighted by molar-refractivity contribution is 7.91. The standard InChI is InChI=1S/C10H13NO5S2/c1-7-5-8(17-9(7)10(12)13)18(14,15)11-3-2-4-16-6-11/h5H,2-4,6H2,1H3,(H,12,13). The Labute approximate surface area is 109 Å². The number of aromatic carboxylic acids is 1. The highest BCUT2D eigenvalue weighted by Crippen LogP contribution is 2.29. The first kappa shape index (κ1) is 13.5. The van der Waals surface area contributed by atoms with E-state index in [1.165, 1.54) is 10.4 Å². The van der Waals surface area contributed by atoms with Gasteiger partial charge in [0.15, 0.2) is 0 Å². The van der Waals surface area contributed by atoms with Crippen LogP contribution in [0.1, 0.15) is 21.7 Å². The van der Waals surface area contributed by atoms with E-state index in [-0.39, 0.29) is 15.8 Å². The van der Waals surface area contributed by atoms with Crippen LogP contribution in [-0.2, 0) is 14.8 Å². The fourth-order valence-corrected chi connectivity index (χ4v) is 4.58. The summed E-state index contributed by atoms with van der Waals surface area (Å²) in [7, 11) is -3.63. The van der Waals surface area contributed by atoms with Crippen LogP contribution >= 0.6 is 11.3 Å². The molecule has 100 valence electrons. The molecule has 1 aromatic rings. The molecule has 1 aliphatic rings. The molecule has 0 aliphatic carbocycles. The van der Waals surface area contributed by atoms with Gasteiger partial charge in [-0.1, -0.05) is 0 Å². The third-order valence-corrected chi connectivity index (χ3v) is 6.11. The van der Waals surface area contributed by atoms with Gasteiger partial charge >= 0.3 is 5.97 Å². The molecule has 0 atom stereocenters. The third kappa shape index (κ3) is 2.41.